The molecule has 138 valence electrons. The summed E-state index contributed by atoms with van der Waals surface area (Å²) >= 11 is 0. The third-order valence-electron chi connectivity index (χ3n) is 4.49. The smallest absolute Gasteiger partial charge is 0.335 e. The number of nitrogens with zero attached hydrogens (tertiary/aromatic N) is 3. The van der Waals surface area contributed by atoms with Crippen molar-refractivity contribution >= 4 is 12.0 Å². The van der Waals surface area contributed by atoms with Crippen LogP contribution in [0.5, 0.6) is 0 Å². The van der Waals surface area contributed by atoms with E-state index in [2.05, 4.69) is 15.5 Å². The zero-order chi connectivity index (χ0) is 18.5. The summed E-state index contributed by atoms with van der Waals surface area (Å²) in [6, 6.07) is 6.38. The molecule has 2 N–H and O–H groups in total. The molecule has 1 aromatic heterocycles. The van der Waals surface area contributed by atoms with Gasteiger partial charge in [-0.1, -0.05) is 17.3 Å². The summed E-state index contributed by atoms with van der Waals surface area (Å²) < 4.78 is 5.00. The molecular formula is C18H22N4O4. The summed E-state index contributed by atoms with van der Waals surface area (Å²) in [5, 5.41) is 15.7. The number of hydrogen-bond donors (Lipinski definition) is 2. The highest BCUT2D eigenvalue weighted by Crippen LogP contribution is 2.20. The number of carbonyl (C=O) groups excluding carboxylic acids is 1. The molecule has 1 saturated heterocycles. The lowest BCUT2D eigenvalue weighted by atomic mass is 9.95. The van der Waals surface area contributed by atoms with E-state index in [1.54, 1.807) is 19.1 Å². The first-order valence-electron chi connectivity index (χ1n) is 8.65. The lowest BCUT2D eigenvalue weighted by Crippen LogP contribution is -2.45. The van der Waals surface area contributed by atoms with Crippen molar-refractivity contribution < 1.29 is 19.2 Å². The van der Waals surface area contributed by atoms with Crippen LogP contribution < -0.4 is 5.32 Å². The Kier molecular flexibility index (Phi) is 5.50. The van der Waals surface area contributed by atoms with Crippen LogP contribution >= 0.6 is 0 Å². The van der Waals surface area contributed by atoms with E-state index in [0.717, 1.165) is 24.9 Å². The summed E-state index contributed by atoms with van der Waals surface area (Å²) in [7, 11) is 0. The van der Waals surface area contributed by atoms with Crippen molar-refractivity contribution in [3.8, 4) is 0 Å². The number of carbonyl (C=O) groups is 2. The molecule has 0 radical (unpaired) electrons. The van der Waals surface area contributed by atoms with Crippen molar-refractivity contribution in [2.75, 3.05) is 13.1 Å². The maximum absolute atomic E-state index is 12.4. The van der Waals surface area contributed by atoms with Crippen molar-refractivity contribution in [1.29, 1.82) is 0 Å². The molecular weight excluding hydrogens is 336 g/mol. The molecule has 0 aliphatic carbocycles. The minimum atomic E-state index is -0.961. The van der Waals surface area contributed by atoms with Gasteiger partial charge in [0, 0.05) is 33.0 Å². The Morgan fingerprint density at radius 3 is 2.77 bits per heavy atom. The van der Waals surface area contributed by atoms with Gasteiger partial charge in [-0.05, 0) is 36.5 Å². The van der Waals surface area contributed by atoms with Gasteiger partial charge in [0.1, 0.15) is 0 Å². The summed E-state index contributed by atoms with van der Waals surface area (Å²) in [4.78, 5) is 29.3. The second-order valence-corrected chi connectivity index (χ2v) is 6.55. The molecule has 0 bridgehead atoms. The van der Waals surface area contributed by atoms with Crippen LogP contribution in [0.4, 0.5) is 4.79 Å². The predicted octanol–water partition coefficient (Wildman–Crippen LogP) is 2.24. The number of nitrogens with one attached hydrogen (secondary N) is 1. The number of aryl methyl sites for hydroxylation is 1. The molecule has 2 aromatic rings. The van der Waals surface area contributed by atoms with Gasteiger partial charge in [-0.25, -0.2) is 9.59 Å². The predicted molar refractivity (Wildman–Crippen MR) is 92.7 cm³/mol. The minimum absolute atomic E-state index is 0.110. The number of carboxylic acids is 1. The average molecular weight is 358 g/mol. The third-order valence-corrected chi connectivity index (χ3v) is 4.49. The fourth-order valence-corrected chi connectivity index (χ4v) is 3.15. The number of benzene rings is 1. The van der Waals surface area contributed by atoms with E-state index >= 15 is 0 Å². The Bertz CT molecular complexity index is 772. The molecule has 3 rings (SSSR count). The van der Waals surface area contributed by atoms with Crippen LogP contribution in [0, 0.1) is 12.8 Å². The Hall–Kier alpha value is -2.90. The summed E-state index contributed by atoms with van der Waals surface area (Å²) in [6.45, 7) is 3.52. The van der Waals surface area contributed by atoms with E-state index in [9.17, 15) is 9.59 Å². The Balaban J connectivity index is 1.49. The zero-order valence-electron chi connectivity index (χ0n) is 14.6. The Labute approximate surface area is 151 Å². The second-order valence-electron chi connectivity index (χ2n) is 6.55. The molecule has 1 unspecified atom stereocenters. The van der Waals surface area contributed by atoms with Gasteiger partial charge >= 0.3 is 12.0 Å². The molecule has 1 fully saturated rings. The average Bonchev–Trinajstić information content (AvgIpc) is 3.05. The SMILES string of the molecule is Cc1nc(CC2CCCN(C(=O)NCc3ccc(C(=O)O)cc3)C2)no1. The maximum atomic E-state index is 12.4. The first-order chi connectivity index (χ1) is 12.5. The lowest BCUT2D eigenvalue weighted by molar-refractivity contribution is 0.0697. The van der Waals surface area contributed by atoms with Crippen LogP contribution in [0.15, 0.2) is 28.8 Å². The molecule has 1 aliphatic rings. The number of aromatic carboxylic acids is 1. The third kappa shape index (κ3) is 4.59. The van der Waals surface area contributed by atoms with Gasteiger partial charge in [-0.15, -0.1) is 0 Å². The molecule has 0 saturated carbocycles. The summed E-state index contributed by atoms with van der Waals surface area (Å²) in [5.74, 6) is 0.602. The van der Waals surface area contributed by atoms with E-state index in [1.807, 2.05) is 4.90 Å². The van der Waals surface area contributed by atoms with E-state index in [1.165, 1.54) is 12.1 Å². The highest BCUT2D eigenvalue weighted by atomic mass is 16.5. The van der Waals surface area contributed by atoms with Gasteiger partial charge in [0.25, 0.3) is 0 Å². The minimum Gasteiger partial charge on any atom is -0.478 e. The van der Waals surface area contributed by atoms with Gasteiger partial charge in [-0.3, -0.25) is 0 Å². The first kappa shape index (κ1) is 17.9. The van der Waals surface area contributed by atoms with Crippen LogP contribution in [0.2, 0.25) is 0 Å². The number of likely N-dealkylation sites (tertiary alicyclic amines) is 1. The van der Waals surface area contributed by atoms with E-state index < -0.39 is 5.97 Å². The molecule has 26 heavy (non-hydrogen) atoms. The van der Waals surface area contributed by atoms with E-state index in [0.29, 0.717) is 37.1 Å². The van der Waals surface area contributed by atoms with Crippen molar-refractivity contribution in [2.24, 2.45) is 5.92 Å². The van der Waals surface area contributed by atoms with Crippen LogP contribution in [-0.4, -0.2) is 45.2 Å². The number of carboxylic acid groups (broad SMARTS) is 1. The number of amides is 2. The monoisotopic (exact) mass is 358 g/mol. The molecule has 8 heteroatoms. The normalized spacial score (nSPS) is 17.1. The van der Waals surface area contributed by atoms with Crippen molar-refractivity contribution in [3.05, 3.63) is 47.1 Å². The van der Waals surface area contributed by atoms with Gasteiger partial charge < -0.3 is 19.8 Å². The standard InChI is InChI=1S/C18H22N4O4/c1-12-20-16(21-26-12)9-14-3-2-8-22(11-14)18(25)19-10-13-4-6-15(7-5-13)17(23)24/h4-7,14H,2-3,8-11H2,1H3,(H,19,25)(H,23,24). The molecule has 1 aromatic carbocycles. The van der Waals surface area contributed by atoms with E-state index in [-0.39, 0.29) is 11.6 Å². The highest BCUT2D eigenvalue weighted by molar-refractivity contribution is 5.87. The second kappa shape index (κ2) is 7.99. The zero-order valence-corrected chi connectivity index (χ0v) is 14.6. The van der Waals surface area contributed by atoms with Crippen molar-refractivity contribution in [1.82, 2.24) is 20.4 Å². The molecule has 1 atom stereocenters. The largest absolute Gasteiger partial charge is 0.478 e. The lowest BCUT2D eigenvalue weighted by Gasteiger charge is -2.32. The number of hydrogen-bond acceptors (Lipinski definition) is 5. The highest BCUT2D eigenvalue weighted by Gasteiger charge is 2.25. The number of aromatic nitrogens is 2. The molecule has 2 amide bonds. The van der Waals surface area contributed by atoms with Crippen LogP contribution in [0.25, 0.3) is 0 Å². The van der Waals surface area contributed by atoms with Gasteiger partial charge in [0.15, 0.2) is 5.82 Å². The van der Waals surface area contributed by atoms with Crippen LogP contribution in [0.3, 0.4) is 0 Å². The Morgan fingerprint density at radius 2 is 2.12 bits per heavy atom. The number of urea groups is 1. The summed E-state index contributed by atoms with van der Waals surface area (Å²) in [5.41, 5.74) is 1.09. The molecule has 0 spiro atoms. The first-order valence-corrected chi connectivity index (χ1v) is 8.65. The number of piperidine rings is 1. The topological polar surface area (TPSA) is 109 Å². The fourth-order valence-electron chi connectivity index (χ4n) is 3.15. The van der Waals surface area contributed by atoms with Gasteiger partial charge in [0.05, 0.1) is 5.56 Å². The number of rotatable bonds is 5. The molecule has 2 heterocycles. The molecule has 1 aliphatic heterocycles. The van der Waals surface area contributed by atoms with Gasteiger partial charge in [-0.2, -0.15) is 4.98 Å². The van der Waals surface area contributed by atoms with Crippen LogP contribution in [-0.2, 0) is 13.0 Å². The van der Waals surface area contributed by atoms with Crippen molar-refractivity contribution in [3.63, 3.8) is 0 Å². The Morgan fingerprint density at radius 1 is 1.35 bits per heavy atom. The quantitative estimate of drug-likeness (QED) is 0.848. The fraction of sp³-hybridized carbons (Fsp3) is 0.444. The van der Waals surface area contributed by atoms with E-state index in [4.69, 9.17) is 9.63 Å². The van der Waals surface area contributed by atoms with Crippen molar-refractivity contribution in [2.45, 2.75) is 32.7 Å². The molecule has 8 nitrogen and oxygen atoms in total. The van der Waals surface area contributed by atoms with Gasteiger partial charge in [0.2, 0.25) is 5.89 Å². The maximum Gasteiger partial charge on any atom is 0.335 e. The van der Waals surface area contributed by atoms with Crippen LogP contribution in [0.1, 0.15) is 40.5 Å². The summed E-state index contributed by atoms with van der Waals surface area (Å²) in [6.07, 6.45) is 2.69.